The van der Waals surface area contributed by atoms with Crippen molar-refractivity contribution >= 4 is 7.60 Å². The number of hydrogen-bond acceptors (Lipinski definition) is 6. The summed E-state index contributed by atoms with van der Waals surface area (Å²) in [7, 11) is -3.16. The minimum atomic E-state index is -3.16. The third-order valence-electron chi connectivity index (χ3n) is 2.34. The standard InChI is InChI=1S/C10H21O6P/c1-3-14-17(12,15-4-2)8-13-10-6-5-9(7-11)16-10/h9-11H,3-8H2,1-2H3. The van der Waals surface area contributed by atoms with E-state index in [2.05, 4.69) is 0 Å². The summed E-state index contributed by atoms with van der Waals surface area (Å²) in [5.41, 5.74) is 0. The van der Waals surface area contributed by atoms with Crippen LogP contribution in [0.15, 0.2) is 0 Å². The van der Waals surface area contributed by atoms with Crippen LogP contribution in [0.4, 0.5) is 0 Å². The minimum Gasteiger partial charge on any atom is -0.394 e. The molecule has 0 aromatic rings. The summed E-state index contributed by atoms with van der Waals surface area (Å²) in [4.78, 5) is 0. The van der Waals surface area contributed by atoms with Crippen molar-refractivity contribution in [2.45, 2.75) is 39.1 Å². The second-order valence-corrected chi connectivity index (χ2v) is 5.69. The summed E-state index contributed by atoms with van der Waals surface area (Å²) in [6.07, 6.45) is 0.704. The van der Waals surface area contributed by atoms with Gasteiger partial charge in [0, 0.05) is 6.42 Å². The van der Waals surface area contributed by atoms with Crippen LogP contribution < -0.4 is 0 Å². The summed E-state index contributed by atoms with van der Waals surface area (Å²) in [6.45, 7) is 4.10. The van der Waals surface area contributed by atoms with Crippen molar-refractivity contribution in [1.29, 1.82) is 0 Å². The Kier molecular flexibility index (Phi) is 6.62. The van der Waals surface area contributed by atoms with E-state index in [9.17, 15) is 4.57 Å². The van der Waals surface area contributed by atoms with Gasteiger partial charge >= 0.3 is 7.60 Å². The van der Waals surface area contributed by atoms with Crippen LogP contribution in [-0.2, 0) is 23.1 Å². The molecule has 0 aliphatic carbocycles. The highest BCUT2D eigenvalue weighted by atomic mass is 31.2. The van der Waals surface area contributed by atoms with Gasteiger partial charge in [-0.2, -0.15) is 0 Å². The number of aliphatic hydroxyl groups is 1. The van der Waals surface area contributed by atoms with Crippen molar-refractivity contribution < 1.29 is 28.2 Å². The zero-order chi connectivity index (χ0) is 12.7. The molecule has 0 spiro atoms. The van der Waals surface area contributed by atoms with E-state index in [1.807, 2.05) is 0 Å². The third-order valence-corrected chi connectivity index (χ3v) is 4.11. The van der Waals surface area contributed by atoms with Gasteiger partial charge in [0.2, 0.25) is 0 Å². The van der Waals surface area contributed by atoms with E-state index in [1.165, 1.54) is 0 Å². The van der Waals surface area contributed by atoms with Crippen LogP contribution >= 0.6 is 7.60 Å². The first-order valence-electron chi connectivity index (χ1n) is 5.89. The molecule has 2 unspecified atom stereocenters. The Balaban J connectivity index is 2.34. The summed E-state index contributed by atoms with van der Waals surface area (Å²) in [5.74, 6) is 0. The molecule has 0 saturated carbocycles. The molecule has 1 saturated heterocycles. The second-order valence-electron chi connectivity index (χ2n) is 3.69. The van der Waals surface area contributed by atoms with E-state index in [0.29, 0.717) is 19.6 Å². The lowest BCUT2D eigenvalue weighted by molar-refractivity contribution is -0.131. The van der Waals surface area contributed by atoms with Crippen molar-refractivity contribution in [2.75, 3.05) is 26.2 Å². The van der Waals surface area contributed by atoms with E-state index in [-0.39, 0.29) is 19.1 Å². The zero-order valence-electron chi connectivity index (χ0n) is 10.3. The molecule has 1 heterocycles. The SMILES string of the molecule is CCOP(=O)(COC1CCC(CO)O1)OCC. The predicted molar refractivity (Wildman–Crippen MR) is 61.8 cm³/mol. The van der Waals surface area contributed by atoms with Gasteiger partial charge in [-0.1, -0.05) is 0 Å². The largest absolute Gasteiger partial charge is 0.394 e. The molecule has 102 valence electrons. The fourth-order valence-electron chi connectivity index (χ4n) is 1.61. The zero-order valence-corrected chi connectivity index (χ0v) is 11.2. The maximum Gasteiger partial charge on any atom is 0.356 e. The summed E-state index contributed by atoms with van der Waals surface area (Å²) < 4.78 is 32.9. The fraction of sp³-hybridized carbons (Fsp3) is 1.00. The van der Waals surface area contributed by atoms with E-state index in [4.69, 9.17) is 23.6 Å². The van der Waals surface area contributed by atoms with Crippen LogP contribution in [0.3, 0.4) is 0 Å². The van der Waals surface area contributed by atoms with Gasteiger partial charge in [-0.05, 0) is 20.3 Å². The topological polar surface area (TPSA) is 74.2 Å². The Hall–Kier alpha value is 0.0300. The first-order valence-corrected chi connectivity index (χ1v) is 7.62. The van der Waals surface area contributed by atoms with Gasteiger partial charge in [-0.25, -0.2) is 0 Å². The molecular weight excluding hydrogens is 247 g/mol. The normalized spacial score (nSPS) is 25.4. The molecule has 6 nitrogen and oxygen atoms in total. The van der Waals surface area contributed by atoms with Gasteiger partial charge in [0.1, 0.15) is 0 Å². The van der Waals surface area contributed by atoms with E-state index < -0.39 is 13.9 Å². The van der Waals surface area contributed by atoms with Crippen LogP contribution in [0.1, 0.15) is 26.7 Å². The van der Waals surface area contributed by atoms with Gasteiger partial charge in [-0.3, -0.25) is 4.57 Å². The predicted octanol–water partition coefficient (Wildman–Crippen LogP) is 1.72. The quantitative estimate of drug-likeness (QED) is 0.676. The fourth-order valence-corrected chi connectivity index (χ4v) is 2.97. The molecule has 2 atom stereocenters. The summed E-state index contributed by atoms with van der Waals surface area (Å²) >= 11 is 0. The van der Waals surface area contributed by atoms with Gasteiger partial charge in [0.05, 0.1) is 25.9 Å². The number of aliphatic hydroxyl groups excluding tert-OH is 1. The first kappa shape index (κ1) is 15.1. The molecule has 1 fully saturated rings. The number of ether oxygens (including phenoxy) is 2. The van der Waals surface area contributed by atoms with Crippen molar-refractivity contribution in [3.05, 3.63) is 0 Å². The molecule has 0 radical (unpaired) electrons. The Morgan fingerprint density at radius 2 is 1.94 bits per heavy atom. The van der Waals surface area contributed by atoms with E-state index in [1.54, 1.807) is 13.8 Å². The molecule has 1 N–H and O–H groups in total. The Morgan fingerprint density at radius 1 is 1.29 bits per heavy atom. The molecule has 0 aromatic carbocycles. The highest BCUT2D eigenvalue weighted by molar-refractivity contribution is 7.53. The van der Waals surface area contributed by atoms with Crippen molar-refractivity contribution in [2.24, 2.45) is 0 Å². The van der Waals surface area contributed by atoms with Crippen LogP contribution in [0, 0.1) is 0 Å². The van der Waals surface area contributed by atoms with Gasteiger partial charge in [0.25, 0.3) is 0 Å². The van der Waals surface area contributed by atoms with Gasteiger partial charge in [-0.15, -0.1) is 0 Å². The minimum absolute atomic E-state index is 0.0194. The molecule has 0 bridgehead atoms. The molecule has 17 heavy (non-hydrogen) atoms. The highest BCUT2D eigenvalue weighted by Gasteiger charge is 2.30. The maximum absolute atomic E-state index is 12.0. The smallest absolute Gasteiger partial charge is 0.356 e. The second kappa shape index (κ2) is 7.46. The average Bonchev–Trinajstić information content (AvgIpc) is 2.75. The molecule has 1 aliphatic rings. The number of hydrogen-bond donors (Lipinski definition) is 1. The molecule has 7 heteroatoms. The third kappa shape index (κ3) is 5.04. The lowest BCUT2D eigenvalue weighted by Gasteiger charge is -2.19. The van der Waals surface area contributed by atoms with Crippen molar-refractivity contribution in [1.82, 2.24) is 0 Å². The molecule has 0 aromatic heterocycles. The monoisotopic (exact) mass is 268 g/mol. The number of rotatable bonds is 8. The van der Waals surface area contributed by atoms with Gasteiger partial charge < -0.3 is 23.6 Å². The molecule has 1 rings (SSSR count). The average molecular weight is 268 g/mol. The van der Waals surface area contributed by atoms with E-state index >= 15 is 0 Å². The molecule has 1 aliphatic heterocycles. The first-order chi connectivity index (χ1) is 8.13. The van der Waals surface area contributed by atoms with Crippen LogP contribution in [-0.4, -0.2) is 43.7 Å². The summed E-state index contributed by atoms with van der Waals surface area (Å²) in [6, 6.07) is 0. The van der Waals surface area contributed by atoms with Crippen molar-refractivity contribution in [3.8, 4) is 0 Å². The lowest BCUT2D eigenvalue weighted by atomic mass is 10.2. The van der Waals surface area contributed by atoms with Gasteiger partial charge in [0.15, 0.2) is 12.6 Å². The maximum atomic E-state index is 12.0. The van der Waals surface area contributed by atoms with Crippen LogP contribution in [0.25, 0.3) is 0 Å². The van der Waals surface area contributed by atoms with Crippen LogP contribution in [0.5, 0.6) is 0 Å². The molecule has 0 amide bonds. The Bertz CT molecular complexity index is 249. The van der Waals surface area contributed by atoms with E-state index in [0.717, 1.165) is 6.42 Å². The molecular formula is C10H21O6P. The highest BCUT2D eigenvalue weighted by Crippen LogP contribution is 2.48. The van der Waals surface area contributed by atoms with Crippen LogP contribution in [0.2, 0.25) is 0 Å². The summed E-state index contributed by atoms with van der Waals surface area (Å²) in [5, 5.41) is 8.90. The van der Waals surface area contributed by atoms with Crippen molar-refractivity contribution in [3.63, 3.8) is 0 Å². The Morgan fingerprint density at radius 3 is 2.41 bits per heavy atom. The lowest BCUT2D eigenvalue weighted by Crippen LogP contribution is -2.18. The Labute approximate surface area is 102 Å².